The minimum Gasteiger partial charge on any atom is -0.321 e. The van der Waals surface area contributed by atoms with Crippen LogP contribution in [0.15, 0.2) is 59.1 Å². The Hall–Kier alpha value is -1.91. The lowest BCUT2D eigenvalue weighted by atomic mass is 9.99. The van der Waals surface area contributed by atoms with E-state index in [0.717, 1.165) is 35.2 Å². The zero-order chi connectivity index (χ0) is 17.8. The Morgan fingerprint density at radius 3 is 2.60 bits per heavy atom. The Morgan fingerprint density at radius 1 is 1.20 bits per heavy atom. The predicted octanol–water partition coefficient (Wildman–Crippen LogP) is 3.46. The van der Waals surface area contributed by atoms with Crippen LogP contribution in [0.5, 0.6) is 0 Å². The number of quaternary nitrogens is 1. The van der Waals surface area contributed by atoms with Crippen LogP contribution >= 0.6 is 15.9 Å². The number of amides is 1. The SMILES string of the molecule is Cc1ccc(NC(=O)[C@@H](C)[NH+]2CC=C(c3ccccc3)CC2)c(Br)c1. The lowest BCUT2D eigenvalue weighted by Gasteiger charge is -2.28. The number of nitrogens with one attached hydrogen (secondary N) is 2. The van der Waals surface area contributed by atoms with E-state index in [-0.39, 0.29) is 11.9 Å². The number of rotatable bonds is 4. The molecule has 4 heteroatoms. The van der Waals surface area contributed by atoms with E-state index in [1.807, 2.05) is 38.1 Å². The fourth-order valence-electron chi connectivity index (χ4n) is 3.21. The van der Waals surface area contributed by atoms with Gasteiger partial charge in [0.15, 0.2) is 6.04 Å². The van der Waals surface area contributed by atoms with Gasteiger partial charge >= 0.3 is 0 Å². The van der Waals surface area contributed by atoms with Crippen LogP contribution in [-0.2, 0) is 4.79 Å². The average Bonchev–Trinajstić information content (AvgIpc) is 2.64. The van der Waals surface area contributed by atoms with Crippen molar-refractivity contribution in [3.8, 4) is 0 Å². The Bertz CT molecular complexity index is 786. The molecular formula is C21H24BrN2O+. The number of benzene rings is 2. The monoisotopic (exact) mass is 399 g/mol. The summed E-state index contributed by atoms with van der Waals surface area (Å²) >= 11 is 3.52. The molecule has 3 nitrogen and oxygen atoms in total. The lowest BCUT2D eigenvalue weighted by Crippen LogP contribution is -3.17. The van der Waals surface area contributed by atoms with Crippen LogP contribution in [0.2, 0.25) is 0 Å². The summed E-state index contributed by atoms with van der Waals surface area (Å²) in [6, 6.07) is 16.4. The molecule has 3 rings (SSSR count). The second kappa shape index (κ2) is 7.98. The van der Waals surface area contributed by atoms with Crippen molar-refractivity contribution in [2.75, 3.05) is 18.4 Å². The fraction of sp³-hybridized carbons (Fsp3) is 0.286. The van der Waals surface area contributed by atoms with Gasteiger partial charge in [0.1, 0.15) is 0 Å². The molecule has 2 aromatic carbocycles. The van der Waals surface area contributed by atoms with Gasteiger partial charge in [-0.3, -0.25) is 4.79 Å². The van der Waals surface area contributed by atoms with Crippen LogP contribution in [0, 0.1) is 6.92 Å². The highest BCUT2D eigenvalue weighted by molar-refractivity contribution is 9.10. The largest absolute Gasteiger partial charge is 0.321 e. The molecule has 25 heavy (non-hydrogen) atoms. The summed E-state index contributed by atoms with van der Waals surface area (Å²) in [5.41, 5.74) is 4.68. The van der Waals surface area contributed by atoms with E-state index in [2.05, 4.69) is 51.6 Å². The number of anilines is 1. The molecule has 1 unspecified atom stereocenters. The minimum absolute atomic E-state index is 0.0658. The van der Waals surface area contributed by atoms with Crippen LogP contribution in [0.3, 0.4) is 0 Å². The molecule has 1 heterocycles. The summed E-state index contributed by atoms with van der Waals surface area (Å²) in [7, 11) is 0. The van der Waals surface area contributed by atoms with E-state index in [1.54, 1.807) is 0 Å². The number of hydrogen-bond acceptors (Lipinski definition) is 1. The topological polar surface area (TPSA) is 33.5 Å². The van der Waals surface area contributed by atoms with Gasteiger partial charge in [-0.2, -0.15) is 0 Å². The Kier molecular flexibility index (Phi) is 5.71. The molecule has 2 atom stereocenters. The van der Waals surface area contributed by atoms with Crippen molar-refractivity contribution < 1.29 is 9.69 Å². The molecule has 0 fully saturated rings. The van der Waals surface area contributed by atoms with Gasteiger partial charge in [0.25, 0.3) is 5.91 Å². The maximum atomic E-state index is 12.6. The second-order valence-electron chi connectivity index (χ2n) is 6.65. The maximum Gasteiger partial charge on any atom is 0.282 e. The first-order valence-electron chi connectivity index (χ1n) is 8.70. The van der Waals surface area contributed by atoms with E-state index in [1.165, 1.54) is 16.0 Å². The van der Waals surface area contributed by atoms with E-state index in [0.29, 0.717) is 0 Å². The summed E-state index contributed by atoms with van der Waals surface area (Å²) in [4.78, 5) is 13.9. The number of aryl methyl sites for hydroxylation is 1. The van der Waals surface area contributed by atoms with Gasteiger partial charge in [-0.15, -0.1) is 0 Å². The molecule has 2 aromatic rings. The zero-order valence-electron chi connectivity index (χ0n) is 14.7. The number of hydrogen-bond donors (Lipinski definition) is 2. The van der Waals surface area contributed by atoms with Gasteiger partial charge in [0.2, 0.25) is 0 Å². The first-order chi connectivity index (χ1) is 12.0. The Morgan fingerprint density at radius 2 is 1.96 bits per heavy atom. The van der Waals surface area contributed by atoms with Crippen molar-refractivity contribution in [3.63, 3.8) is 0 Å². The van der Waals surface area contributed by atoms with Crippen molar-refractivity contribution in [3.05, 3.63) is 70.2 Å². The molecule has 0 radical (unpaired) electrons. The summed E-state index contributed by atoms with van der Waals surface area (Å²) in [6.07, 6.45) is 3.28. The third-order valence-electron chi connectivity index (χ3n) is 4.86. The average molecular weight is 400 g/mol. The highest BCUT2D eigenvalue weighted by Gasteiger charge is 2.27. The molecule has 2 N–H and O–H groups in total. The highest BCUT2D eigenvalue weighted by atomic mass is 79.9. The minimum atomic E-state index is -0.0817. The molecule has 0 saturated carbocycles. The first kappa shape index (κ1) is 17.9. The van der Waals surface area contributed by atoms with Gasteiger partial charge < -0.3 is 10.2 Å². The molecule has 1 amide bonds. The predicted molar refractivity (Wildman–Crippen MR) is 107 cm³/mol. The van der Waals surface area contributed by atoms with E-state index < -0.39 is 0 Å². The molecule has 0 bridgehead atoms. The molecule has 1 aliphatic heterocycles. The molecule has 130 valence electrons. The van der Waals surface area contributed by atoms with E-state index in [9.17, 15) is 4.79 Å². The maximum absolute atomic E-state index is 12.6. The van der Waals surface area contributed by atoms with Crippen molar-refractivity contribution in [1.82, 2.24) is 0 Å². The quantitative estimate of drug-likeness (QED) is 0.810. The van der Waals surface area contributed by atoms with Gasteiger partial charge in [-0.05, 0) is 64.7 Å². The van der Waals surface area contributed by atoms with E-state index in [4.69, 9.17) is 0 Å². The molecule has 0 saturated heterocycles. The Labute approximate surface area is 157 Å². The van der Waals surface area contributed by atoms with Crippen molar-refractivity contribution >= 4 is 33.1 Å². The Balaban J connectivity index is 1.63. The van der Waals surface area contributed by atoms with Crippen LogP contribution in [0.1, 0.15) is 24.5 Å². The third kappa shape index (κ3) is 4.39. The van der Waals surface area contributed by atoms with Crippen LogP contribution in [0.25, 0.3) is 5.57 Å². The second-order valence-corrected chi connectivity index (χ2v) is 7.51. The zero-order valence-corrected chi connectivity index (χ0v) is 16.3. The molecule has 0 aliphatic carbocycles. The lowest BCUT2D eigenvalue weighted by molar-refractivity contribution is -0.909. The standard InChI is InChI=1S/C21H23BrN2O/c1-15-8-9-20(19(22)14-15)23-21(25)16(2)24-12-10-18(11-13-24)17-6-4-3-5-7-17/h3-10,14,16H,11-13H2,1-2H3,(H,23,25)/p+1/t16-/m1/s1. The van der Waals surface area contributed by atoms with Gasteiger partial charge in [0, 0.05) is 10.9 Å². The summed E-state index contributed by atoms with van der Waals surface area (Å²) in [5.74, 6) is 0.0658. The summed E-state index contributed by atoms with van der Waals surface area (Å²) < 4.78 is 0.924. The van der Waals surface area contributed by atoms with Gasteiger partial charge in [-0.1, -0.05) is 36.4 Å². The number of halogens is 1. The first-order valence-corrected chi connectivity index (χ1v) is 9.50. The highest BCUT2D eigenvalue weighted by Crippen LogP contribution is 2.23. The van der Waals surface area contributed by atoms with Crippen LogP contribution in [0.4, 0.5) is 5.69 Å². The van der Waals surface area contributed by atoms with Gasteiger partial charge in [-0.25, -0.2) is 0 Å². The van der Waals surface area contributed by atoms with E-state index >= 15 is 0 Å². The van der Waals surface area contributed by atoms with Crippen molar-refractivity contribution in [2.24, 2.45) is 0 Å². The smallest absolute Gasteiger partial charge is 0.282 e. The van der Waals surface area contributed by atoms with Gasteiger partial charge in [0.05, 0.1) is 18.8 Å². The summed E-state index contributed by atoms with van der Waals surface area (Å²) in [5, 5.41) is 3.05. The molecule has 0 aromatic heterocycles. The third-order valence-corrected chi connectivity index (χ3v) is 5.51. The van der Waals surface area contributed by atoms with Crippen LogP contribution in [-0.4, -0.2) is 25.0 Å². The van der Waals surface area contributed by atoms with Crippen molar-refractivity contribution in [2.45, 2.75) is 26.3 Å². The molecule has 0 spiro atoms. The molecular weight excluding hydrogens is 376 g/mol. The fourth-order valence-corrected chi connectivity index (χ4v) is 3.80. The van der Waals surface area contributed by atoms with Crippen LogP contribution < -0.4 is 10.2 Å². The normalized spacial score (nSPS) is 18.4. The molecule has 1 aliphatic rings. The van der Waals surface area contributed by atoms with Crippen molar-refractivity contribution in [1.29, 1.82) is 0 Å². The summed E-state index contributed by atoms with van der Waals surface area (Å²) in [6.45, 7) is 5.90. The number of carbonyl (C=O) groups excluding carboxylic acids is 1. The number of carbonyl (C=O) groups is 1.